The SMILES string of the molecule is COC(CN)C(=O)N1Cc2ccccc2C[C@H]1C(=O)O. The molecule has 0 fully saturated rings. The number of carboxylic acid groups (broad SMARTS) is 1. The summed E-state index contributed by atoms with van der Waals surface area (Å²) >= 11 is 0. The Morgan fingerprint density at radius 2 is 2.10 bits per heavy atom. The van der Waals surface area contributed by atoms with E-state index >= 15 is 0 Å². The second-order valence-electron chi connectivity index (χ2n) is 4.75. The van der Waals surface area contributed by atoms with Crippen LogP contribution in [-0.2, 0) is 27.3 Å². The zero-order valence-electron chi connectivity index (χ0n) is 11.3. The maximum Gasteiger partial charge on any atom is 0.326 e. The lowest BCUT2D eigenvalue weighted by atomic mass is 9.93. The van der Waals surface area contributed by atoms with E-state index in [1.165, 1.54) is 12.0 Å². The van der Waals surface area contributed by atoms with Gasteiger partial charge in [-0.25, -0.2) is 4.79 Å². The van der Waals surface area contributed by atoms with Crippen molar-refractivity contribution in [1.82, 2.24) is 4.90 Å². The van der Waals surface area contributed by atoms with Gasteiger partial charge in [0, 0.05) is 26.6 Å². The molecular formula is C14H18N2O4. The fourth-order valence-electron chi connectivity index (χ4n) is 2.46. The summed E-state index contributed by atoms with van der Waals surface area (Å²) in [6, 6.07) is 6.66. The molecule has 2 atom stereocenters. The van der Waals surface area contributed by atoms with Gasteiger partial charge in [-0.3, -0.25) is 4.79 Å². The molecule has 0 radical (unpaired) electrons. The highest BCUT2D eigenvalue weighted by molar-refractivity contribution is 5.87. The van der Waals surface area contributed by atoms with Gasteiger partial charge in [0.25, 0.3) is 5.91 Å². The number of carbonyl (C=O) groups is 2. The average Bonchev–Trinajstić information content (AvgIpc) is 2.46. The number of carboxylic acids is 1. The molecule has 1 aliphatic heterocycles. The first-order valence-corrected chi connectivity index (χ1v) is 6.41. The zero-order chi connectivity index (χ0) is 14.7. The summed E-state index contributed by atoms with van der Waals surface area (Å²) in [5, 5.41) is 9.34. The van der Waals surface area contributed by atoms with Crippen LogP contribution in [0.3, 0.4) is 0 Å². The Balaban J connectivity index is 2.31. The van der Waals surface area contributed by atoms with Gasteiger partial charge in [0.15, 0.2) is 0 Å². The Kier molecular flexibility index (Phi) is 4.36. The number of rotatable bonds is 4. The van der Waals surface area contributed by atoms with Crippen LogP contribution < -0.4 is 5.73 Å². The molecule has 1 heterocycles. The van der Waals surface area contributed by atoms with Crippen molar-refractivity contribution in [1.29, 1.82) is 0 Å². The van der Waals surface area contributed by atoms with Crippen LogP contribution in [0.4, 0.5) is 0 Å². The van der Waals surface area contributed by atoms with E-state index in [1.54, 1.807) is 0 Å². The smallest absolute Gasteiger partial charge is 0.326 e. The lowest BCUT2D eigenvalue weighted by molar-refractivity contribution is -0.156. The van der Waals surface area contributed by atoms with Crippen molar-refractivity contribution in [2.75, 3.05) is 13.7 Å². The Morgan fingerprint density at radius 3 is 2.65 bits per heavy atom. The molecule has 0 aliphatic carbocycles. The molecule has 3 N–H and O–H groups in total. The molecule has 0 spiro atoms. The minimum atomic E-state index is -1.01. The Labute approximate surface area is 117 Å². The molecule has 2 rings (SSSR count). The highest BCUT2D eigenvalue weighted by atomic mass is 16.5. The molecule has 6 nitrogen and oxygen atoms in total. The maximum atomic E-state index is 12.3. The number of methoxy groups -OCH3 is 1. The van der Waals surface area contributed by atoms with Gasteiger partial charge < -0.3 is 20.5 Å². The molecule has 0 saturated heterocycles. The predicted octanol–water partition coefficient (Wildman–Crippen LogP) is -0.00180. The molecular weight excluding hydrogens is 260 g/mol. The third-order valence-electron chi connectivity index (χ3n) is 3.59. The molecule has 6 heteroatoms. The summed E-state index contributed by atoms with van der Waals surface area (Å²) in [5.41, 5.74) is 7.41. The monoisotopic (exact) mass is 278 g/mol. The third kappa shape index (κ3) is 2.66. The molecule has 108 valence electrons. The number of carbonyl (C=O) groups excluding carboxylic acids is 1. The number of nitrogens with two attached hydrogens (primary N) is 1. The molecule has 0 bridgehead atoms. The van der Waals surface area contributed by atoms with E-state index in [0.717, 1.165) is 11.1 Å². The van der Waals surface area contributed by atoms with E-state index in [9.17, 15) is 14.7 Å². The summed E-state index contributed by atoms with van der Waals surface area (Å²) in [6.07, 6.45) is -0.500. The van der Waals surface area contributed by atoms with E-state index in [4.69, 9.17) is 10.5 Å². The minimum absolute atomic E-state index is 0.0276. The second kappa shape index (κ2) is 6.02. The van der Waals surface area contributed by atoms with Crippen molar-refractivity contribution in [3.63, 3.8) is 0 Å². The van der Waals surface area contributed by atoms with E-state index in [1.807, 2.05) is 24.3 Å². The van der Waals surface area contributed by atoms with E-state index in [0.29, 0.717) is 6.42 Å². The van der Waals surface area contributed by atoms with Gasteiger partial charge in [0.05, 0.1) is 0 Å². The molecule has 0 aromatic heterocycles. The van der Waals surface area contributed by atoms with Crippen LogP contribution in [0.2, 0.25) is 0 Å². The maximum absolute atomic E-state index is 12.3. The second-order valence-corrected chi connectivity index (χ2v) is 4.75. The van der Waals surface area contributed by atoms with Gasteiger partial charge in [-0.05, 0) is 11.1 Å². The van der Waals surface area contributed by atoms with Crippen LogP contribution in [0.25, 0.3) is 0 Å². The van der Waals surface area contributed by atoms with Gasteiger partial charge in [0.2, 0.25) is 0 Å². The molecule has 1 aromatic rings. The summed E-state index contributed by atoms with van der Waals surface area (Å²) in [6.45, 7) is 0.297. The molecule has 1 amide bonds. The van der Waals surface area contributed by atoms with Crippen LogP contribution >= 0.6 is 0 Å². The Bertz CT molecular complexity index is 514. The summed E-state index contributed by atoms with van der Waals surface area (Å²) in [5.74, 6) is -1.39. The summed E-state index contributed by atoms with van der Waals surface area (Å²) in [4.78, 5) is 25.1. The van der Waals surface area contributed by atoms with Crippen molar-refractivity contribution in [3.8, 4) is 0 Å². The number of ether oxygens (including phenoxy) is 1. The Morgan fingerprint density at radius 1 is 1.45 bits per heavy atom. The van der Waals surface area contributed by atoms with E-state index in [2.05, 4.69) is 0 Å². The van der Waals surface area contributed by atoms with Gasteiger partial charge in [-0.2, -0.15) is 0 Å². The minimum Gasteiger partial charge on any atom is -0.480 e. The normalized spacial score (nSPS) is 19.3. The lowest BCUT2D eigenvalue weighted by Gasteiger charge is -2.36. The van der Waals surface area contributed by atoms with E-state index in [-0.39, 0.29) is 19.0 Å². The summed E-state index contributed by atoms with van der Waals surface area (Å²) < 4.78 is 5.02. The highest BCUT2D eigenvalue weighted by Crippen LogP contribution is 2.24. The van der Waals surface area contributed by atoms with E-state index < -0.39 is 18.1 Å². The van der Waals surface area contributed by atoms with Crippen molar-refractivity contribution >= 4 is 11.9 Å². The number of benzene rings is 1. The zero-order valence-corrected chi connectivity index (χ0v) is 11.3. The molecule has 1 unspecified atom stereocenters. The number of aliphatic carboxylic acids is 1. The van der Waals surface area contributed by atoms with Crippen LogP contribution in [0.1, 0.15) is 11.1 Å². The predicted molar refractivity (Wildman–Crippen MR) is 72.0 cm³/mol. The number of nitrogens with zero attached hydrogens (tertiary/aromatic N) is 1. The van der Waals surface area contributed by atoms with Gasteiger partial charge >= 0.3 is 5.97 Å². The third-order valence-corrected chi connectivity index (χ3v) is 3.59. The van der Waals surface area contributed by atoms with Crippen LogP contribution in [0.5, 0.6) is 0 Å². The number of amides is 1. The van der Waals surface area contributed by atoms with Gasteiger partial charge in [-0.15, -0.1) is 0 Å². The van der Waals surface area contributed by atoms with Crippen molar-refractivity contribution in [2.24, 2.45) is 5.73 Å². The fraction of sp³-hybridized carbons (Fsp3) is 0.429. The molecule has 1 aliphatic rings. The number of hydrogen-bond donors (Lipinski definition) is 2. The summed E-state index contributed by atoms with van der Waals surface area (Å²) in [7, 11) is 1.39. The standard InChI is InChI=1S/C14H18N2O4/c1-20-12(7-15)13(17)16-8-10-5-3-2-4-9(10)6-11(16)14(18)19/h2-5,11-12H,6-8,15H2,1H3,(H,18,19)/t11-,12?/m0/s1. The Hall–Kier alpha value is -1.92. The van der Waals surface area contributed by atoms with Crippen molar-refractivity contribution in [2.45, 2.75) is 25.1 Å². The van der Waals surface area contributed by atoms with Crippen LogP contribution in [-0.4, -0.2) is 47.7 Å². The molecule has 1 aromatic carbocycles. The first kappa shape index (κ1) is 14.5. The van der Waals surface area contributed by atoms with Crippen molar-refractivity contribution in [3.05, 3.63) is 35.4 Å². The van der Waals surface area contributed by atoms with Gasteiger partial charge in [-0.1, -0.05) is 24.3 Å². The number of fused-ring (bicyclic) bond motifs is 1. The van der Waals surface area contributed by atoms with Gasteiger partial charge in [0.1, 0.15) is 12.1 Å². The topological polar surface area (TPSA) is 92.9 Å². The lowest BCUT2D eigenvalue weighted by Crippen LogP contribution is -2.53. The van der Waals surface area contributed by atoms with Crippen LogP contribution in [0.15, 0.2) is 24.3 Å². The largest absolute Gasteiger partial charge is 0.480 e. The quantitative estimate of drug-likeness (QED) is 0.808. The number of hydrogen-bond acceptors (Lipinski definition) is 4. The average molecular weight is 278 g/mol. The molecule has 0 saturated carbocycles. The first-order valence-electron chi connectivity index (χ1n) is 6.41. The fourth-order valence-corrected chi connectivity index (χ4v) is 2.46. The highest BCUT2D eigenvalue weighted by Gasteiger charge is 2.36. The van der Waals surface area contributed by atoms with Crippen LogP contribution in [0, 0.1) is 0 Å². The molecule has 20 heavy (non-hydrogen) atoms. The first-order chi connectivity index (χ1) is 9.58. The van der Waals surface area contributed by atoms with Crippen molar-refractivity contribution < 1.29 is 19.4 Å².